The minimum atomic E-state index is -0.676. The van der Waals surface area contributed by atoms with Crippen LogP contribution in [0.5, 0.6) is 0 Å². The first-order chi connectivity index (χ1) is 8.99. The predicted molar refractivity (Wildman–Crippen MR) is 72.9 cm³/mol. The Hall–Kier alpha value is -1.89. The van der Waals surface area contributed by atoms with E-state index < -0.39 is 5.92 Å². The fourth-order valence-corrected chi connectivity index (χ4v) is 2.01. The summed E-state index contributed by atoms with van der Waals surface area (Å²) in [6, 6.07) is 6.41. The Morgan fingerprint density at radius 1 is 1.53 bits per heavy atom. The zero-order chi connectivity index (χ0) is 14.4. The summed E-state index contributed by atoms with van der Waals surface area (Å²) in [5, 5.41) is 11.8. The third kappa shape index (κ3) is 4.06. The van der Waals surface area contributed by atoms with Crippen molar-refractivity contribution in [1.29, 1.82) is 5.26 Å². The molecule has 0 saturated heterocycles. The standard InChI is InChI=1S/C15H19FN2O/c1-4-5-10(2)13(9-17)15(19)18-12-6-7-14(16)11(3)8-12/h6-8,10,13H,4-5H2,1-3H3,(H,18,19). The summed E-state index contributed by atoms with van der Waals surface area (Å²) < 4.78 is 13.1. The molecule has 0 heterocycles. The number of carbonyl (C=O) groups excluding carboxylic acids is 1. The van der Waals surface area contributed by atoms with Gasteiger partial charge in [0.05, 0.1) is 6.07 Å². The Morgan fingerprint density at radius 3 is 2.74 bits per heavy atom. The highest BCUT2D eigenvalue weighted by molar-refractivity contribution is 5.94. The second kappa shape index (κ2) is 6.89. The van der Waals surface area contributed by atoms with Crippen molar-refractivity contribution in [2.75, 3.05) is 5.32 Å². The van der Waals surface area contributed by atoms with E-state index in [1.807, 2.05) is 19.9 Å². The molecule has 0 spiro atoms. The lowest BCUT2D eigenvalue weighted by molar-refractivity contribution is -0.119. The summed E-state index contributed by atoms with van der Waals surface area (Å²) in [5.74, 6) is -1.30. The number of amides is 1. The Morgan fingerprint density at radius 2 is 2.21 bits per heavy atom. The lowest BCUT2D eigenvalue weighted by Gasteiger charge is -2.16. The second-order valence-electron chi connectivity index (χ2n) is 4.83. The average molecular weight is 262 g/mol. The number of halogens is 1. The summed E-state index contributed by atoms with van der Waals surface area (Å²) in [4.78, 5) is 12.0. The van der Waals surface area contributed by atoms with Crippen molar-refractivity contribution < 1.29 is 9.18 Å². The van der Waals surface area contributed by atoms with Gasteiger partial charge in [0.15, 0.2) is 0 Å². The summed E-state index contributed by atoms with van der Waals surface area (Å²) in [5.41, 5.74) is 0.987. The Kier molecular flexibility index (Phi) is 5.50. The maximum absolute atomic E-state index is 13.1. The van der Waals surface area contributed by atoms with Crippen LogP contribution in [-0.2, 0) is 4.79 Å². The lowest BCUT2D eigenvalue weighted by Crippen LogP contribution is -2.27. The molecule has 4 heteroatoms. The minimum Gasteiger partial charge on any atom is -0.325 e. The first-order valence-electron chi connectivity index (χ1n) is 6.46. The number of nitrogens with one attached hydrogen (secondary N) is 1. The zero-order valence-corrected chi connectivity index (χ0v) is 11.5. The molecule has 102 valence electrons. The molecule has 1 amide bonds. The van der Waals surface area contributed by atoms with Crippen molar-refractivity contribution >= 4 is 11.6 Å². The molecule has 3 nitrogen and oxygen atoms in total. The molecule has 0 aliphatic carbocycles. The molecule has 0 bridgehead atoms. The molecule has 19 heavy (non-hydrogen) atoms. The number of nitriles is 1. The Labute approximate surface area is 113 Å². The quantitative estimate of drug-likeness (QED) is 0.880. The van der Waals surface area contributed by atoms with Crippen LogP contribution >= 0.6 is 0 Å². The van der Waals surface area contributed by atoms with Crippen LogP contribution in [0.2, 0.25) is 0 Å². The van der Waals surface area contributed by atoms with E-state index in [2.05, 4.69) is 5.32 Å². The van der Waals surface area contributed by atoms with E-state index in [9.17, 15) is 9.18 Å². The van der Waals surface area contributed by atoms with E-state index in [1.54, 1.807) is 13.0 Å². The van der Waals surface area contributed by atoms with Gasteiger partial charge in [-0.25, -0.2) is 4.39 Å². The normalized spacial score (nSPS) is 13.4. The average Bonchev–Trinajstić information content (AvgIpc) is 2.35. The highest BCUT2D eigenvalue weighted by Gasteiger charge is 2.24. The molecule has 1 rings (SSSR count). The maximum Gasteiger partial charge on any atom is 0.242 e. The third-order valence-electron chi connectivity index (χ3n) is 3.16. The number of hydrogen-bond donors (Lipinski definition) is 1. The number of carbonyl (C=O) groups is 1. The molecule has 0 aliphatic heterocycles. The van der Waals surface area contributed by atoms with Crippen LogP contribution in [0.3, 0.4) is 0 Å². The molecule has 1 aromatic rings. The second-order valence-corrected chi connectivity index (χ2v) is 4.83. The first kappa shape index (κ1) is 15.2. The van der Waals surface area contributed by atoms with Crippen LogP contribution in [0.25, 0.3) is 0 Å². The van der Waals surface area contributed by atoms with Crippen molar-refractivity contribution in [1.82, 2.24) is 0 Å². The Bertz CT molecular complexity index is 493. The predicted octanol–water partition coefficient (Wildman–Crippen LogP) is 3.65. The fraction of sp³-hybridized carbons (Fsp3) is 0.467. The van der Waals surface area contributed by atoms with Crippen molar-refractivity contribution in [2.45, 2.75) is 33.6 Å². The molecular formula is C15H19FN2O. The lowest BCUT2D eigenvalue weighted by atomic mass is 9.90. The molecule has 0 aliphatic rings. The van der Waals surface area contributed by atoms with Crippen LogP contribution in [0.1, 0.15) is 32.3 Å². The SMILES string of the molecule is CCCC(C)C(C#N)C(=O)Nc1ccc(F)c(C)c1. The molecule has 0 fully saturated rings. The van der Waals surface area contributed by atoms with Gasteiger partial charge in [0.2, 0.25) is 5.91 Å². The third-order valence-corrected chi connectivity index (χ3v) is 3.16. The molecule has 1 N–H and O–H groups in total. The zero-order valence-electron chi connectivity index (χ0n) is 11.5. The number of aryl methyl sites for hydroxylation is 1. The monoisotopic (exact) mass is 262 g/mol. The topological polar surface area (TPSA) is 52.9 Å². The van der Waals surface area contributed by atoms with Crippen molar-refractivity contribution in [2.24, 2.45) is 11.8 Å². The highest BCUT2D eigenvalue weighted by atomic mass is 19.1. The van der Waals surface area contributed by atoms with E-state index in [-0.39, 0.29) is 17.6 Å². The molecule has 2 atom stereocenters. The van der Waals surface area contributed by atoms with Crippen molar-refractivity contribution in [3.8, 4) is 6.07 Å². The van der Waals surface area contributed by atoms with Gasteiger partial charge in [-0.3, -0.25) is 4.79 Å². The smallest absolute Gasteiger partial charge is 0.242 e. The van der Waals surface area contributed by atoms with Crippen LogP contribution < -0.4 is 5.32 Å². The van der Waals surface area contributed by atoms with E-state index in [0.29, 0.717) is 11.3 Å². The van der Waals surface area contributed by atoms with E-state index in [1.165, 1.54) is 12.1 Å². The minimum absolute atomic E-state index is 0.0107. The van der Waals surface area contributed by atoms with Crippen LogP contribution in [0, 0.1) is 35.9 Å². The number of hydrogen-bond acceptors (Lipinski definition) is 2. The van der Waals surface area contributed by atoms with E-state index in [4.69, 9.17) is 5.26 Å². The summed E-state index contributed by atoms with van der Waals surface area (Å²) >= 11 is 0. The van der Waals surface area contributed by atoms with Gasteiger partial charge in [0, 0.05) is 5.69 Å². The first-order valence-corrected chi connectivity index (χ1v) is 6.46. The largest absolute Gasteiger partial charge is 0.325 e. The van der Waals surface area contributed by atoms with Gasteiger partial charge in [0.25, 0.3) is 0 Å². The fourth-order valence-electron chi connectivity index (χ4n) is 2.01. The summed E-state index contributed by atoms with van der Waals surface area (Å²) in [6.45, 7) is 5.55. The van der Waals surface area contributed by atoms with Gasteiger partial charge in [-0.05, 0) is 43.0 Å². The van der Waals surface area contributed by atoms with Crippen LogP contribution in [-0.4, -0.2) is 5.91 Å². The van der Waals surface area contributed by atoms with Gasteiger partial charge in [0.1, 0.15) is 11.7 Å². The number of benzene rings is 1. The van der Waals surface area contributed by atoms with Gasteiger partial charge in [-0.15, -0.1) is 0 Å². The molecule has 0 radical (unpaired) electrons. The van der Waals surface area contributed by atoms with Crippen molar-refractivity contribution in [3.63, 3.8) is 0 Å². The van der Waals surface area contributed by atoms with E-state index in [0.717, 1.165) is 12.8 Å². The molecular weight excluding hydrogens is 243 g/mol. The number of nitrogens with zero attached hydrogens (tertiary/aromatic N) is 1. The number of rotatable bonds is 5. The van der Waals surface area contributed by atoms with Crippen LogP contribution in [0.4, 0.5) is 10.1 Å². The van der Waals surface area contributed by atoms with Gasteiger partial charge < -0.3 is 5.32 Å². The number of anilines is 1. The highest BCUT2D eigenvalue weighted by Crippen LogP contribution is 2.20. The molecule has 0 saturated carbocycles. The van der Waals surface area contributed by atoms with Gasteiger partial charge in [-0.1, -0.05) is 20.3 Å². The molecule has 1 aromatic carbocycles. The summed E-state index contributed by atoms with van der Waals surface area (Å²) in [6.07, 6.45) is 1.76. The molecule has 0 aromatic heterocycles. The van der Waals surface area contributed by atoms with Gasteiger partial charge >= 0.3 is 0 Å². The van der Waals surface area contributed by atoms with Gasteiger partial charge in [-0.2, -0.15) is 5.26 Å². The van der Waals surface area contributed by atoms with Crippen LogP contribution in [0.15, 0.2) is 18.2 Å². The molecule has 2 unspecified atom stereocenters. The Balaban J connectivity index is 2.77. The van der Waals surface area contributed by atoms with E-state index >= 15 is 0 Å². The summed E-state index contributed by atoms with van der Waals surface area (Å²) in [7, 11) is 0. The van der Waals surface area contributed by atoms with Crippen molar-refractivity contribution in [3.05, 3.63) is 29.6 Å². The maximum atomic E-state index is 13.1.